The zero-order valence-corrected chi connectivity index (χ0v) is 11.2. The van der Waals surface area contributed by atoms with Gasteiger partial charge < -0.3 is 19.6 Å². The number of nitrogens with zero attached hydrogens (tertiary/aromatic N) is 1. The minimum absolute atomic E-state index is 0.330. The van der Waals surface area contributed by atoms with Gasteiger partial charge in [0.1, 0.15) is 11.9 Å². The first-order chi connectivity index (χ1) is 8.74. The van der Waals surface area contributed by atoms with Crippen molar-refractivity contribution in [3.63, 3.8) is 0 Å². The minimum Gasteiger partial charge on any atom is -0.490 e. The number of benzene rings is 1. The van der Waals surface area contributed by atoms with Crippen molar-refractivity contribution in [2.45, 2.75) is 18.9 Å². The second-order valence-corrected chi connectivity index (χ2v) is 5.12. The third-order valence-corrected chi connectivity index (χ3v) is 3.84. The molecule has 4 nitrogen and oxygen atoms in total. The second kappa shape index (κ2) is 4.74. The van der Waals surface area contributed by atoms with E-state index in [-0.39, 0.29) is 0 Å². The summed E-state index contributed by atoms with van der Waals surface area (Å²) in [7, 11) is 1.97. The SMILES string of the molecule is Cn1c(=S)[nH]c2ccc(OC3CCNCC3)cc21. The molecule has 1 aliphatic rings. The minimum atomic E-state index is 0.330. The molecule has 0 radical (unpaired) electrons. The number of hydrogen-bond acceptors (Lipinski definition) is 3. The van der Waals surface area contributed by atoms with Gasteiger partial charge in [-0.15, -0.1) is 0 Å². The first-order valence-corrected chi connectivity index (χ1v) is 6.71. The van der Waals surface area contributed by atoms with Crippen molar-refractivity contribution < 1.29 is 4.74 Å². The number of imidazole rings is 1. The van der Waals surface area contributed by atoms with Crippen LogP contribution in [0.3, 0.4) is 0 Å². The zero-order chi connectivity index (χ0) is 12.5. The summed E-state index contributed by atoms with van der Waals surface area (Å²) < 4.78 is 8.74. The molecule has 1 fully saturated rings. The third kappa shape index (κ3) is 2.15. The van der Waals surface area contributed by atoms with Gasteiger partial charge in [0, 0.05) is 13.1 Å². The maximum absolute atomic E-state index is 6.03. The number of aromatic amines is 1. The molecule has 0 bridgehead atoms. The molecule has 0 amide bonds. The van der Waals surface area contributed by atoms with Crippen molar-refractivity contribution in [1.82, 2.24) is 14.9 Å². The van der Waals surface area contributed by atoms with Crippen LogP contribution in [-0.4, -0.2) is 28.7 Å². The number of hydrogen-bond donors (Lipinski definition) is 2. The molecule has 0 aliphatic carbocycles. The zero-order valence-electron chi connectivity index (χ0n) is 10.4. The highest BCUT2D eigenvalue weighted by Crippen LogP contribution is 2.22. The molecule has 0 unspecified atom stereocenters. The van der Waals surface area contributed by atoms with Crippen molar-refractivity contribution in [3.8, 4) is 5.75 Å². The Morgan fingerprint density at radius 1 is 1.33 bits per heavy atom. The lowest BCUT2D eigenvalue weighted by Crippen LogP contribution is -2.34. The summed E-state index contributed by atoms with van der Waals surface area (Å²) in [4.78, 5) is 3.17. The fourth-order valence-electron chi connectivity index (χ4n) is 2.38. The topological polar surface area (TPSA) is 42.0 Å². The summed E-state index contributed by atoms with van der Waals surface area (Å²) in [5, 5.41) is 3.34. The number of ether oxygens (including phenoxy) is 1. The largest absolute Gasteiger partial charge is 0.490 e. The van der Waals surface area contributed by atoms with Crippen molar-refractivity contribution in [2.75, 3.05) is 13.1 Å². The van der Waals surface area contributed by atoms with E-state index in [1.807, 2.05) is 23.7 Å². The predicted octanol–water partition coefficient (Wildman–Crippen LogP) is 2.37. The Bertz CT molecular complexity index is 610. The van der Waals surface area contributed by atoms with Crippen LogP contribution in [0.25, 0.3) is 11.0 Å². The van der Waals surface area contributed by atoms with E-state index in [9.17, 15) is 0 Å². The highest BCUT2D eigenvalue weighted by atomic mass is 32.1. The Balaban J connectivity index is 1.88. The van der Waals surface area contributed by atoms with Gasteiger partial charge in [0.15, 0.2) is 4.77 Å². The van der Waals surface area contributed by atoms with Crippen LogP contribution in [0.2, 0.25) is 0 Å². The Hall–Kier alpha value is -1.33. The van der Waals surface area contributed by atoms with Crippen LogP contribution in [0.4, 0.5) is 0 Å². The molecule has 1 aromatic heterocycles. The van der Waals surface area contributed by atoms with Crippen molar-refractivity contribution in [1.29, 1.82) is 0 Å². The number of aryl methyl sites for hydroxylation is 1. The fourth-order valence-corrected chi connectivity index (χ4v) is 2.59. The molecular weight excluding hydrogens is 246 g/mol. The molecule has 5 heteroatoms. The van der Waals surface area contributed by atoms with Crippen LogP contribution in [0.1, 0.15) is 12.8 Å². The molecule has 2 N–H and O–H groups in total. The Morgan fingerprint density at radius 3 is 2.89 bits per heavy atom. The molecule has 3 rings (SSSR count). The number of aromatic nitrogens is 2. The van der Waals surface area contributed by atoms with E-state index in [2.05, 4.69) is 16.4 Å². The monoisotopic (exact) mass is 263 g/mol. The molecule has 2 heterocycles. The summed E-state index contributed by atoms with van der Waals surface area (Å²) in [5.41, 5.74) is 2.14. The Kier molecular flexibility index (Phi) is 3.09. The second-order valence-electron chi connectivity index (χ2n) is 4.74. The molecule has 1 saturated heterocycles. The highest BCUT2D eigenvalue weighted by Gasteiger charge is 2.14. The predicted molar refractivity (Wildman–Crippen MR) is 74.6 cm³/mol. The van der Waals surface area contributed by atoms with Gasteiger partial charge in [0.2, 0.25) is 0 Å². The lowest BCUT2D eigenvalue weighted by molar-refractivity contribution is 0.162. The summed E-state index contributed by atoms with van der Waals surface area (Å²) >= 11 is 5.22. The standard InChI is InChI=1S/C13H17N3OS/c1-16-12-8-10(2-3-11(12)15-13(16)18)17-9-4-6-14-7-5-9/h2-3,8-9,14H,4-7H2,1H3,(H,15,18). The van der Waals surface area contributed by atoms with Gasteiger partial charge in [0.25, 0.3) is 0 Å². The summed E-state index contributed by atoms with van der Waals surface area (Å²) in [6.07, 6.45) is 2.48. The van der Waals surface area contributed by atoms with E-state index in [4.69, 9.17) is 17.0 Å². The van der Waals surface area contributed by atoms with E-state index in [1.54, 1.807) is 0 Å². The molecule has 0 spiro atoms. The van der Waals surface area contributed by atoms with E-state index < -0.39 is 0 Å². The number of H-pyrrole nitrogens is 1. The fraction of sp³-hybridized carbons (Fsp3) is 0.462. The molecular formula is C13H17N3OS. The lowest BCUT2D eigenvalue weighted by Gasteiger charge is -2.23. The Morgan fingerprint density at radius 2 is 2.11 bits per heavy atom. The van der Waals surface area contributed by atoms with Gasteiger partial charge >= 0.3 is 0 Å². The van der Waals surface area contributed by atoms with Crippen LogP contribution in [0.15, 0.2) is 18.2 Å². The average molecular weight is 263 g/mol. The van der Waals surface area contributed by atoms with Crippen LogP contribution in [-0.2, 0) is 7.05 Å². The smallest absolute Gasteiger partial charge is 0.177 e. The molecule has 1 aromatic carbocycles. The van der Waals surface area contributed by atoms with E-state index in [1.165, 1.54) is 0 Å². The van der Waals surface area contributed by atoms with Gasteiger partial charge in [0.05, 0.1) is 11.0 Å². The van der Waals surface area contributed by atoms with E-state index in [0.29, 0.717) is 6.10 Å². The summed E-state index contributed by atoms with van der Waals surface area (Å²) in [5.74, 6) is 0.930. The third-order valence-electron chi connectivity index (χ3n) is 3.47. The molecule has 96 valence electrons. The van der Waals surface area contributed by atoms with Gasteiger partial charge in [-0.05, 0) is 50.3 Å². The van der Waals surface area contributed by atoms with Crippen LogP contribution in [0.5, 0.6) is 5.75 Å². The molecule has 2 aromatic rings. The van der Waals surface area contributed by atoms with Gasteiger partial charge in [-0.2, -0.15) is 0 Å². The number of piperidine rings is 1. The van der Waals surface area contributed by atoms with Crippen molar-refractivity contribution >= 4 is 23.3 Å². The molecule has 0 atom stereocenters. The first-order valence-electron chi connectivity index (χ1n) is 6.30. The molecule has 18 heavy (non-hydrogen) atoms. The lowest BCUT2D eigenvalue weighted by atomic mass is 10.1. The van der Waals surface area contributed by atoms with E-state index in [0.717, 1.165) is 47.5 Å². The summed E-state index contributed by atoms with van der Waals surface area (Å²) in [6, 6.07) is 6.10. The quantitative estimate of drug-likeness (QED) is 0.817. The van der Waals surface area contributed by atoms with Crippen LogP contribution >= 0.6 is 12.2 Å². The maximum Gasteiger partial charge on any atom is 0.177 e. The average Bonchev–Trinajstić information content (AvgIpc) is 2.67. The number of nitrogens with one attached hydrogen (secondary N) is 2. The number of rotatable bonds is 2. The van der Waals surface area contributed by atoms with E-state index >= 15 is 0 Å². The first kappa shape index (κ1) is 11.7. The van der Waals surface area contributed by atoms with Gasteiger partial charge in [-0.1, -0.05) is 0 Å². The van der Waals surface area contributed by atoms with Crippen LogP contribution in [0, 0.1) is 4.77 Å². The normalized spacial score (nSPS) is 17.2. The van der Waals surface area contributed by atoms with Crippen molar-refractivity contribution in [3.05, 3.63) is 23.0 Å². The van der Waals surface area contributed by atoms with Crippen molar-refractivity contribution in [2.24, 2.45) is 7.05 Å². The van der Waals surface area contributed by atoms with Crippen LogP contribution < -0.4 is 10.1 Å². The highest BCUT2D eigenvalue weighted by molar-refractivity contribution is 7.71. The van der Waals surface area contributed by atoms with Gasteiger partial charge in [-0.25, -0.2) is 0 Å². The summed E-state index contributed by atoms with van der Waals surface area (Å²) in [6.45, 7) is 2.09. The number of fused-ring (bicyclic) bond motifs is 1. The molecule has 0 saturated carbocycles. The molecule has 1 aliphatic heterocycles. The van der Waals surface area contributed by atoms with Gasteiger partial charge in [-0.3, -0.25) is 0 Å². The Labute approximate surface area is 111 Å². The maximum atomic E-state index is 6.03.